The lowest BCUT2D eigenvalue weighted by Crippen LogP contribution is -2.21. The summed E-state index contributed by atoms with van der Waals surface area (Å²) in [5.74, 6) is 0.521. The van der Waals surface area contributed by atoms with E-state index in [1.165, 1.54) is 12.1 Å². The third-order valence-electron chi connectivity index (χ3n) is 5.90. The maximum absolute atomic E-state index is 13.3. The van der Waals surface area contributed by atoms with Gasteiger partial charge < -0.3 is 0 Å². The Hall–Kier alpha value is -4.79. The third kappa shape index (κ3) is 2.56. The van der Waals surface area contributed by atoms with Crippen molar-refractivity contribution in [2.75, 3.05) is 0 Å². The van der Waals surface area contributed by atoms with E-state index in [0.717, 1.165) is 0 Å². The lowest BCUT2D eigenvalue weighted by atomic mass is 9.83. The lowest BCUT2D eigenvalue weighted by molar-refractivity contribution is -0.384. The molecular formula is C24H13N5O4. The summed E-state index contributed by atoms with van der Waals surface area (Å²) >= 11 is 0. The molecule has 3 aromatic carbocycles. The summed E-state index contributed by atoms with van der Waals surface area (Å²) in [6.07, 6.45) is 0. The molecule has 5 aromatic rings. The maximum atomic E-state index is 13.3. The van der Waals surface area contributed by atoms with Gasteiger partial charge in [-0.25, -0.2) is 4.98 Å². The first kappa shape index (κ1) is 18.9. The van der Waals surface area contributed by atoms with Crippen molar-refractivity contribution in [3.63, 3.8) is 0 Å². The molecule has 33 heavy (non-hydrogen) atoms. The number of non-ortho nitro benzene ring substituents is 1. The highest BCUT2D eigenvalue weighted by atomic mass is 16.6. The quantitative estimate of drug-likeness (QED) is 0.298. The molecule has 2 heterocycles. The van der Waals surface area contributed by atoms with E-state index in [1.54, 1.807) is 59.9 Å². The van der Waals surface area contributed by atoms with Crippen molar-refractivity contribution in [1.82, 2.24) is 19.6 Å². The SMILES string of the molecule is Cc1nc2c3c(ccc2c2nnc(-c4ccc([N+](=O)[O-])cc4)n12)C(=O)c1ccccc1C3=O. The Labute approximate surface area is 185 Å². The first-order valence-electron chi connectivity index (χ1n) is 10.1. The van der Waals surface area contributed by atoms with Crippen LogP contribution in [0.1, 0.15) is 37.7 Å². The van der Waals surface area contributed by atoms with Crippen LogP contribution in [0, 0.1) is 17.0 Å². The minimum Gasteiger partial charge on any atom is -0.289 e. The van der Waals surface area contributed by atoms with Crippen LogP contribution in [0.3, 0.4) is 0 Å². The second-order valence-corrected chi connectivity index (χ2v) is 7.73. The molecule has 0 amide bonds. The zero-order valence-corrected chi connectivity index (χ0v) is 17.1. The average Bonchev–Trinajstić information content (AvgIpc) is 3.28. The first-order chi connectivity index (χ1) is 16.0. The number of benzene rings is 3. The Morgan fingerprint density at radius 1 is 0.848 bits per heavy atom. The summed E-state index contributed by atoms with van der Waals surface area (Å²) in [6, 6.07) is 16.1. The zero-order valence-electron chi connectivity index (χ0n) is 17.1. The van der Waals surface area contributed by atoms with E-state index in [-0.39, 0.29) is 22.8 Å². The number of nitrogens with zero attached hydrogens (tertiary/aromatic N) is 5. The van der Waals surface area contributed by atoms with Gasteiger partial charge in [0.25, 0.3) is 5.69 Å². The van der Waals surface area contributed by atoms with Crippen molar-refractivity contribution in [2.24, 2.45) is 0 Å². The first-order valence-corrected chi connectivity index (χ1v) is 10.1. The number of aromatic nitrogens is 4. The van der Waals surface area contributed by atoms with Gasteiger partial charge in [-0.3, -0.25) is 24.1 Å². The highest BCUT2D eigenvalue weighted by molar-refractivity contribution is 6.32. The molecule has 2 aromatic heterocycles. The standard InChI is InChI=1S/C24H13N5O4/c1-12-25-20-18(11-10-17-19(20)22(31)16-5-3-2-4-15(16)21(17)30)24-27-26-23(28(12)24)13-6-8-14(9-7-13)29(32)33/h2-11H,1H3. The Bertz CT molecular complexity index is 1690. The molecule has 0 bridgehead atoms. The summed E-state index contributed by atoms with van der Waals surface area (Å²) < 4.78 is 1.74. The summed E-state index contributed by atoms with van der Waals surface area (Å²) in [7, 11) is 0. The van der Waals surface area contributed by atoms with E-state index in [9.17, 15) is 19.7 Å². The van der Waals surface area contributed by atoms with Gasteiger partial charge in [0.2, 0.25) is 0 Å². The molecule has 1 aliphatic rings. The molecule has 1 aliphatic carbocycles. The van der Waals surface area contributed by atoms with Crippen molar-refractivity contribution >= 4 is 33.8 Å². The number of hydrogen-bond acceptors (Lipinski definition) is 7. The molecule has 0 spiro atoms. The molecule has 6 rings (SSSR count). The summed E-state index contributed by atoms with van der Waals surface area (Å²) in [5, 5.41) is 20.2. The predicted molar refractivity (Wildman–Crippen MR) is 118 cm³/mol. The second kappa shape index (κ2) is 6.60. The van der Waals surface area contributed by atoms with Gasteiger partial charge in [-0.15, -0.1) is 10.2 Å². The van der Waals surface area contributed by atoms with Crippen LogP contribution < -0.4 is 0 Å². The molecule has 158 valence electrons. The van der Waals surface area contributed by atoms with Crippen LogP contribution >= 0.6 is 0 Å². The van der Waals surface area contributed by atoms with Crippen LogP contribution in [0.2, 0.25) is 0 Å². The van der Waals surface area contributed by atoms with Crippen LogP contribution in [0.5, 0.6) is 0 Å². The van der Waals surface area contributed by atoms with Crippen LogP contribution in [0.25, 0.3) is 27.9 Å². The number of nitro benzene ring substituents is 1. The normalized spacial score (nSPS) is 12.8. The fourth-order valence-electron chi connectivity index (χ4n) is 4.36. The molecular weight excluding hydrogens is 422 g/mol. The van der Waals surface area contributed by atoms with Crippen LogP contribution in [-0.4, -0.2) is 36.1 Å². The number of rotatable bonds is 2. The van der Waals surface area contributed by atoms with Crippen molar-refractivity contribution in [2.45, 2.75) is 6.92 Å². The smallest absolute Gasteiger partial charge is 0.269 e. The molecule has 0 unspecified atom stereocenters. The minimum absolute atomic E-state index is 0.0250. The predicted octanol–water partition coefficient (Wildman–Crippen LogP) is 3.94. The van der Waals surface area contributed by atoms with Crippen molar-refractivity contribution in [1.29, 1.82) is 0 Å². The fourth-order valence-corrected chi connectivity index (χ4v) is 4.36. The monoisotopic (exact) mass is 435 g/mol. The Morgan fingerprint density at radius 2 is 1.55 bits per heavy atom. The molecule has 0 saturated heterocycles. The highest BCUT2D eigenvalue weighted by Gasteiger charge is 2.32. The van der Waals surface area contributed by atoms with E-state index < -0.39 is 4.92 Å². The molecule has 0 N–H and O–H groups in total. The number of ketones is 2. The number of nitro groups is 1. The average molecular weight is 435 g/mol. The maximum Gasteiger partial charge on any atom is 0.269 e. The Kier molecular flexibility index (Phi) is 3.79. The number of carbonyl (C=O) groups is 2. The highest BCUT2D eigenvalue weighted by Crippen LogP contribution is 2.34. The van der Waals surface area contributed by atoms with Gasteiger partial charge >= 0.3 is 0 Å². The zero-order chi connectivity index (χ0) is 22.9. The second-order valence-electron chi connectivity index (χ2n) is 7.73. The summed E-state index contributed by atoms with van der Waals surface area (Å²) in [5.41, 5.74) is 2.81. The Morgan fingerprint density at radius 3 is 2.24 bits per heavy atom. The van der Waals surface area contributed by atoms with Crippen LogP contribution in [-0.2, 0) is 0 Å². The van der Waals surface area contributed by atoms with Gasteiger partial charge in [-0.05, 0) is 31.2 Å². The largest absolute Gasteiger partial charge is 0.289 e. The van der Waals surface area contributed by atoms with Crippen molar-refractivity contribution < 1.29 is 14.5 Å². The van der Waals surface area contributed by atoms with Crippen molar-refractivity contribution in [3.8, 4) is 11.4 Å². The van der Waals surface area contributed by atoms with Crippen molar-refractivity contribution in [3.05, 3.63) is 98.9 Å². The molecule has 9 heteroatoms. The van der Waals surface area contributed by atoms with E-state index in [1.807, 2.05) is 0 Å². The number of fused-ring (bicyclic) bond motifs is 6. The van der Waals surface area contributed by atoms with E-state index >= 15 is 0 Å². The molecule has 0 aliphatic heterocycles. The van der Waals surface area contributed by atoms with Crippen LogP contribution in [0.4, 0.5) is 5.69 Å². The van der Waals surface area contributed by atoms with Gasteiger partial charge in [0.1, 0.15) is 5.82 Å². The number of aryl methyl sites for hydroxylation is 1. The number of hydrogen-bond donors (Lipinski definition) is 0. The number of carbonyl (C=O) groups excluding carboxylic acids is 2. The summed E-state index contributed by atoms with van der Waals surface area (Å²) in [6.45, 7) is 1.76. The topological polar surface area (TPSA) is 120 Å². The Balaban J connectivity index is 1.61. The molecule has 0 fully saturated rings. The van der Waals surface area contributed by atoms with E-state index in [0.29, 0.717) is 50.5 Å². The molecule has 0 radical (unpaired) electrons. The van der Waals surface area contributed by atoms with Gasteiger partial charge in [-0.2, -0.15) is 0 Å². The third-order valence-corrected chi connectivity index (χ3v) is 5.90. The van der Waals surface area contributed by atoms with Crippen LogP contribution in [0.15, 0.2) is 60.7 Å². The fraction of sp³-hybridized carbons (Fsp3) is 0.0417. The molecule has 0 atom stereocenters. The van der Waals surface area contributed by atoms with Gasteiger partial charge in [0, 0.05) is 39.8 Å². The lowest BCUT2D eigenvalue weighted by Gasteiger charge is -2.19. The van der Waals surface area contributed by atoms with E-state index in [4.69, 9.17) is 0 Å². The minimum atomic E-state index is -0.467. The van der Waals surface area contributed by atoms with Gasteiger partial charge in [0.15, 0.2) is 23.0 Å². The van der Waals surface area contributed by atoms with Gasteiger partial charge in [-0.1, -0.05) is 24.3 Å². The van der Waals surface area contributed by atoms with Gasteiger partial charge in [0.05, 0.1) is 16.0 Å². The van der Waals surface area contributed by atoms with E-state index in [2.05, 4.69) is 15.2 Å². The molecule has 0 saturated carbocycles. The molecule has 9 nitrogen and oxygen atoms in total. The summed E-state index contributed by atoms with van der Waals surface area (Å²) in [4.78, 5) is 41.6.